The molecule has 1 atom stereocenters. The van der Waals surface area contributed by atoms with Crippen molar-refractivity contribution >= 4 is 5.71 Å². The lowest BCUT2D eigenvalue weighted by molar-refractivity contribution is 0.965. The lowest BCUT2D eigenvalue weighted by Crippen LogP contribution is -2.26. The molecule has 1 aromatic rings. The van der Waals surface area contributed by atoms with Crippen LogP contribution >= 0.6 is 0 Å². The van der Waals surface area contributed by atoms with Crippen molar-refractivity contribution in [3.05, 3.63) is 35.9 Å². The van der Waals surface area contributed by atoms with Gasteiger partial charge >= 0.3 is 0 Å². The van der Waals surface area contributed by atoms with Crippen LogP contribution in [0.1, 0.15) is 12.5 Å². The van der Waals surface area contributed by atoms with Crippen LogP contribution in [0.2, 0.25) is 0 Å². The molecule has 58 valence electrons. The van der Waals surface area contributed by atoms with Crippen molar-refractivity contribution in [2.45, 2.75) is 13.0 Å². The van der Waals surface area contributed by atoms with Crippen molar-refractivity contribution in [3.63, 3.8) is 0 Å². The van der Waals surface area contributed by atoms with Gasteiger partial charge in [0.25, 0.3) is 0 Å². The topological polar surface area (TPSA) is 49.9 Å². The summed E-state index contributed by atoms with van der Waals surface area (Å²) in [5.74, 6) is 0. The molecule has 0 aliphatic heterocycles. The Kier molecular flexibility index (Phi) is 2.39. The summed E-state index contributed by atoms with van der Waals surface area (Å²) >= 11 is 0. The summed E-state index contributed by atoms with van der Waals surface area (Å²) in [4.78, 5) is 0. The third kappa shape index (κ3) is 1.88. The Morgan fingerprint density at radius 1 is 1.36 bits per heavy atom. The first kappa shape index (κ1) is 7.95. The van der Waals surface area contributed by atoms with Crippen molar-refractivity contribution in [1.82, 2.24) is 0 Å². The van der Waals surface area contributed by atoms with Crippen molar-refractivity contribution in [2.75, 3.05) is 0 Å². The average Bonchev–Trinajstić information content (AvgIpc) is 2.05. The van der Waals surface area contributed by atoms with E-state index in [1.807, 2.05) is 37.3 Å². The molecule has 1 unspecified atom stereocenters. The quantitative estimate of drug-likeness (QED) is 0.612. The molecule has 1 rings (SSSR count). The summed E-state index contributed by atoms with van der Waals surface area (Å²) in [6.07, 6.45) is 0. The summed E-state index contributed by atoms with van der Waals surface area (Å²) in [6.45, 7) is 1.81. The average molecular weight is 148 g/mol. The maximum atomic E-state index is 7.56. The highest BCUT2D eigenvalue weighted by Gasteiger charge is 2.03. The highest BCUT2D eigenvalue weighted by Crippen LogP contribution is 2.00. The number of hydrogen-bond acceptors (Lipinski definition) is 2. The van der Waals surface area contributed by atoms with Crippen LogP contribution < -0.4 is 5.73 Å². The minimum Gasteiger partial charge on any atom is -0.323 e. The van der Waals surface area contributed by atoms with Crippen LogP contribution in [0.5, 0.6) is 0 Å². The fourth-order valence-electron chi connectivity index (χ4n) is 0.881. The Bertz CT molecular complexity index is 239. The SMILES string of the molecule is CC(N)C(=N)c1ccccc1. The predicted molar refractivity (Wildman–Crippen MR) is 46.9 cm³/mol. The third-order valence-corrected chi connectivity index (χ3v) is 1.54. The first-order valence-electron chi connectivity index (χ1n) is 3.61. The van der Waals surface area contributed by atoms with Crippen LogP contribution in [0, 0.1) is 5.41 Å². The molecule has 0 aliphatic carbocycles. The van der Waals surface area contributed by atoms with E-state index in [9.17, 15) is 0 Å². The maximum Gasteiger partial charge on any atom is 0.0550 e. The van der Waals surface area contributed by atoms with Crippen molar-refractivity contribution < 1.29 is 0 Å². The molecule has 11 heavy (non-hydrogen) atoms. The van der Waals surface area contributed by atoms with E-state index >= 15 is 0 Å². The van der Waals surface area contributed by atoms with Crippen LogP contribution in [0.4, 0.5) is 0 Å². The molecule has 3 N–H and O–H groups in total. The Morgan fingerprint density at radius 3 is 2.36 bits per heavy atom. The fourth-order valence-corrected chi connectivity index (χ4v) is 0.881. The van der Waals surface area contributed by atoms with Gasteiger partial charge in [-0.15, -0.1) is 0 Å². The summed E-state index contributed by atoms with van der Waals surface area (Å²) in [5.41, 5.74) is 6.94. The molecule has 0 fully saturated rings. The highest BCUT2D eigenvalue weighted by atomic mass is 14.7. The van der Waals surface area contributed by atoms with Gasteiger partial charge in [-0.1, -0.05) is 30.3 Å². The Morgan fingerprint density at radius 2 is 1.91 bits per heavy atom. The summed E-state index contributed by atoms with van der Waals surface area (Å²) in [6, 6.07) is 9.35. The van der Waals surface area contributed by atoms with Gasteiger partial charge in [-0.3, -0.25) is 0 Å². The predicted octanol–water partition coefficient (Wildman–Crippen LogP) is 1.40. The zero-order valence-electron chi connectivity index (χ0n) is 6.54. The lowest BCUT2D eigenvalue weighted by Gasteiger charge is -2.06. The van der Waals surface area contributed by atoms with Gasteiger partial charge in [-0.2, -0.15) is 0 Å². The first-order valence-corrected chi connectivity index (χ1v) is 3.61. The molecule has 0 bridgehead atoms. The monoisotopic (exact) mass is 148 g/mol. The normalized spacial score (nSPS) is 12.5. The number of rotatable bonds is 2. The van der Waals surface area contributed by atoms with Gasteiger partial charge in [0.1, 0.15) is 0 Å². The summed E-state index contributed by atoms with van der Waals surface area (Å²) < 4.78 is 0. The minimum absolute atomic E-state index is 0.183. The zero-order valence-corrected chi connectivity index (χ0v) is 6.54. The Hall–Kier alpha value is -1.15. The van der Waals surface area contributed by atoms with E-state index in [4.69, 9.17) is 11.1 Å². The summed E-state index contributed by atoms with van der Waals surface area (Å²) in [7, 11) is 0. The second-order valence-corrected chi connectivity index (χ2v) is 2.57. The molecule has 0 saturated carbocycles. The standard InChI is InChI=1S/C9H12N2/c1-7(10)9(11)8-5-3-2-4-6-8/h2-7,11H,10H2,1H3. The fraction of sp³-hybridized carbons (Fsp3) is 0.222. The molecule has 0 radical (unpaired) electrons. The third-order valence-electron chi connectivity index (χ3n) is 1.54. The number of nitrogens with one attached hydrogen (secondary N) is 1. The van der Waals surface area contributed by atoms with E-state index in [1.165, 1.54) is 0 Å². The minimum atomic E-state index is -0.183. The largest absolute Gasteiger partial charge is 0.323 e. The molecular weight excluding hydrogens is 136 g/mol. The van der Waals surface area contributed by atoms with E-state index in [0.717, 1.165) is 5.56 Å². The molecule has 1 aromatic carbocycles. The van der Waals surface area contributed by atoms with Gasteiger partial charge in [0, 0.05) is 6.04 Å². The second-order valence-electron chi connectivity index (χ2n) is 2.57. The lowest BCUT2D eigenvalue weighted by atomic mass is 10.1. The van der Waals surface area contributed by atoms with Crippen LogP contribution in [-0.2, 0) is 0 Å². The molecular formula is C9H12N2. The molecule has 0 heterocycles. The van der Waals surface area contributed by atoms with Crippen molar-refractivity contribution in [2.24, 2.45) is 5.73 Å². The van der Waals surface area contributed by atoms with E-state index in [-0.39, 0.29) is 6.04 Å². The van der Waals surface area contributed by atoms with Gasteiger partial charge in [0.15, 0.2) is 0 Å². The van der Waals surface area contributed by atoms with Crippen LogP contribution in [0.25, 0.3) is 0 Å². The molecule has 0 aromatic heterocycles. The van der Waals surface area contributed by atoms with Gasteiger partial charge in [-0.25, -0.2) is 0 Å². The van der Waals surface area contributed by atoms with E-state index in [0.29, 0.717) is 5.71 Å². The molecule has 0 aliphatic rings. The van der Waals surface area contributed by atoms with Crippen LogP contribution in [-0.4, -0.2) is 11.8 Å². The van der Waals surface area contributed by atoms with E-state index < -0.39 is 0 Å². The number of hydrogen-bond donors (Lipinski definition) is 2. The van der Waals surface area contributed by atoms with Crippen LogP contribution in [0.3, 0.4) is 0 Å². The van der Waals surface area contributed by atoms with E-state index in [1.54, 1.807) is 0 Å². The second kappa shape index (κ2) is 3.30. The molecule has 0 saturated heterocycles. The molecule has 0 amide bonds. The van der Waals surface area contributed by atoms with Crippen LogP contribution in [0.15, 0.2) is 30.3 Å². The zero-order chi connectivity index (χ0) is 8.27. The molecule has 2 nitrogen and oxygen atoms in total. The first-order chi connectivity index (χ1) is 5.22. The van der Waals surface area contributed by atoms with Gasteiger partial charge in [0.2, 0.25) is 0 Å². The number of nitrogens with two attached hydrogens (primary N) is 1. The summed E-state index contributed by atoms with van der Waals surface area (Å²) in [5, 5.41) is 7.56. The van der Waals surface area contributed by atoms with Crippen molar-refractivity contribution in [3.8, 4) is 0 Å². The number of benzene rings is 1. The Balaban J connectivity index is 2.86. The van der Waals surface area contributed by atoms with Gasteiger partial charge in [-0.05, 0) is 12.5 Å². The molecule has 0 spiro atoms. The van der Waals surface area contributed by atoms with E-state index in [2.05, 4.69) is 0 Å². The van der Waals surface area contributed by atoms with Crippen molar-refractivity contribution in [1.29, 1.82) is 5.41 Å². The highest BCUT2D eigenvalue weighted by molar-refractivity contribution is 6.01. The van der Waals surface area contributed by atoms with Gasteiger partial charge in [0.05, 0.1) is 5.71 Å². The smallest absolute Gasteiger partial charge is 0.0550 e. The molecule has 2 heteroatoms. The Labute approximate surface area is 66.6 Å². The maximum absolute atomic E-state index is 7.56. The van der Waals surface area contributed by atoms with Gasteiger partial charge < -0.3 is 11.1 Å².